The van der Waals surface area contributed by atoms with E-state index in [1.807, 2.05) is 30.0 Å². The summed E-state index contributed by atoms with van der Waals surface area (Å²) in [5.74, 6) is 0.104. The second-order valence-electron chi connectivity index (χ2n) is 7.88. The number of hydrogen-bond donors (Lipinski definition) is 0. The number of benzene rings is 2. The number of carbonyl (C=O) groups excluding carboxylic acids is 1. The molecule has 2 aromatic carbocycles. The van der Waals surface area contributed by atoms with Crippen molar-refractivity contribution in [2.24, 2.45) is 0 Å². The Hall–Kier alpha value is -2.39. The van der Waals surface area contributed by atoms with Crippen LogP contribution in [0.1, 0.15) is 54.1 Å². The molecule has 0 aliphatic carbocycles. The standard InChI is InChI=1S/C25H27ClN2O/c1-3-18-8-10-19(11-9-18)23-16-21(25(29)28-14-6-4-5-7-15-28)20-12-13-22(26)17(2)24(20)27-23/h8-13,16H,3-7,14-15H2,1-2H3. The van der Waals surface area contributed by atoms with E-state index in [0.29, 0.717) is 5.02 Å². The lowest BCUT2D eigenvalue weighted by Crippen LogP contribution is -2.32. The fourth-order valence-corrected chi connectivity index (χ4v) is 4.24. The number of carbonyl (C=O) groups is 1. The van der Waals surface area contributed by atoms with Crippen LogP contribution in [0.2, 0.25) is 5.02 Å². The van der Waals surface area contributed by atoms with Crippen molar-refractivity contribution in [2.45, 2.75) is 46.0 Å². The Morgan fingerprint density at radius 1 is 1.03 bits per heavy atom. The van der Waals surface area contributed by atoms with E-state index in [-0.39, 0.29) is 5.91 Å². The largest absolute Gasteiger partial charge is 0.339 e. The van der Waals surface area contributed by atoms with Gasteiger partial charge in [0.2, 0.25) is 0 Å². The van der Waals surface area contributed by atoms with Crippen LogP contribution >= 0.6 is 11.6 Å². The maximum Gasteiger partial charge on any atom is 0.254 e. The van der Waals surface area contributed by atoms with Crippen molar-refractivity contribution < 1.29 is 4.79 Å². The molecule has 1 aromatic heterocycles. The molecule has 0 bridgehead atoms. The second-order valence-corrected chi connectivity index (χ2v) is 8.29. The maximum absolute atomic E-state index is 13.5. The fraction of sp³-hybridized carbons (Fsp3) is 0.360. The van der Waals surface area contributed by atoms with Crippen molar-refractivity contribution in [3.63, 3.8) is 0 Å². The van der Waals surface area contributed by atoms with Gasteiger partial charge in [-0.15, -0.1) is 0 Å². The molecule has 4 rings (SSSR count). The van der Waals surface area contributed by atoms with E-state index in [1.165, 1.54) is 18.4 Å². The van der Waals surface area contributed by atoms with Crippen LogP contribution in [0.4, 0.5) is 0 Å². The Morgan fingerprint density at radius 2 is 1.72 bits per heavy atom. The highest BCUT2D eigenvalue weighted by Gasteiger charge is 2.22. The number of pyridine rings is 1. The van der Waals surface area contributed by atoms with Crippen LogP contribution in [0.3, 0.4) is 0 Å². The molecule has 1 aliphatic rings. The van der Waals surface area contributed by atoms with Crippen LogP contribution in [-0.2, 0) is 6.42 Å². The summed E-state index contributed by atoms with van der Waals surface area (Å²) in [5.41, 5.74) is 5.59. The molecule has 3 aromatic rings. The van der Waals surface area contributed by atoms with Gasteiger partial charge in [-0.2, -0.15) is 0 Å². The van der Waals surface area contributed by atoms with Gasteiger partial charge in [0, 0.05) is 29.1 Å². The Bertz CT molecular complexity index is 1030. The third-order valence-corrected chi connectivity index (χ3v) is 6.36. The SMILES string of the molecule is CCc1ccc(-c2cc(C(=O)N3CCCCCC3)c3ccc(Cl)c(C)c3n2)cc1. The molecule has 29 heavy (non-hydrogen) atoms. The molecule has 1 saturated heterocycles. The summed E-state index contributed by atoms with van der Waals surface area (Å²) in [4.78, 5) is 20.4. The first kappa shape index (κ1) is 19.9. The third-order valence-electron chi connectivity index (χ3n) is 5.95. The summed E-state index contributed by atoms with van der Waals surface area (Å²) in [5, 5.41) is 1.56. The van der Waals surface area contributed by atoms with E-state index in [0.717, 1.165) is 65.6 Å². The summed E-state index contributed by atoms with van der Waals surface area (Å²) >= 11 is 6.39. The molecule has 1 amide bonds. The number of likely N-dealkylation sites (tertiary alicyclic amines) is 1. The predicted octanol–water partition coefficient (Wildman–Crippen LogP) is 6.44. The highest BCUT2D eigenvalue weighted by Crippen LogP contribution is 2.31. The van der Waals surface area contributed by atoms with Gasteiger partial charge in [-0.1, -0.05) is 61.7 Å². The number of aromatic nitrogens is 1. The molecular weight excluding hydrogens is 380 g/mol. The molecule has 0 spiro atoms. The number of hydrogen-bond acceptors (Lipinski definition) is 2. The van der Waals surface area contributed by atoms with E-state index < -0.39 is 0 Å². The fourth-order valence-electron chi connectivity index (χ4n) is 4.08. The van der Waals surface area contributed by atoms with Crippen molar-refractivity contribution in [1.82, 2.24) is 9.88 Å². The second kappa shape index (κ2) is 8.54. The molecule has 0 atom stereocenters. The van der Waals surface area contributed by atoms with Crippen molar-refractivity contribution in [2.75, 3.05) is 13.1 Å². The Morgan fingerprint density at radius 3 is 2.38 bits per heavy atom. The van der Waals surface area contributed by atoms with E-state index >= 15 is 0 Å². The zero-order valence-corrected chi connectivity index (χ0v) is 17.9. The molecule has 0 saturated carbocycles. The minimum absolute atomic E-state index is 0.104. The molecule has 1 fully saturated rings. The lowest BCUT2D eigenvalue weighted by molar-refractivity contribution is 0.0763. The summed E-state index contributed by atoms with van der Waals surface area (Å²) in [6.07, 6.45) is 5.55. The van der Waals surface area contributed by atoms with Crippen LogP contribution in [-0.4, -0.2) is 28.9 Å². The van der Waals surface area contributed by atoms with Gasteiger partial charge in [0.25, 0.3) is 5.91 Å². The minimum Gasteiger partial charge on any atom is -0.339 e. The van der Waals surface area contributed by atoms with E-state index in [2.05, 4.69) is 31.2 Å². The quantitative estimate of drug-likeness (QED) is 0.501. The smallest absolute Gasteiger partial charge is 0.254 e. The molecular formula is C25H27ClN2O. The van der Waals surface area contributed by atoms with Gasteiger partial charge in [-0.3, -0.25) is 4.79 Å². The topological polar surface area (TPSA) is 33.2 Å². The molecule has 1 aliphatic heterocycles. The number of amides is 1. The summed E-state index contributed by atoms with van der Waals surface area (Å²) in [7, 11) is 0. The van der Waals surface area contributed by atoms with Crippen LogP contribution in [0.15, 0.2) is 42.5 Å². The van der Waals surface area contributed by atoms with Crippen molar-refractivity contribution in [3.8, 4) is 11.3 Å². The lowest BCUT2D eigenvalue weighted by Gasteiger charge is -2.22. The normalized spacial score (nSPS) is 14.8. The monoisotopic (exact) mass is 406 g/mol. The van der Waals surface area contributed by atoms with Gasteiger partial charge in [0.15, 0.2) is 0 Å². The van der Waals surface area contributed by atoms with Crippen molar-refractivity contribution in [1.29, 1.82) is 0 Å². The first-order chi connectivity index (χ1) is 14.1. The zero-order chi connectivity index (χ0) is 20.4. The van der Waals surface area contributed by atoms with Crippen molar-refractivity contribution in [3.05, 3.63) is 64.2 Å². The Kier molecular flexibility index (Phi) is 5.86. The van der Waals surface area contributed by atoms with Gasteiger partial charge in [-0.05, 0) is 49.4 Å². The van der Waals surface area contributed by atoms with Crippen LogP contribution in [0.5, 0.6) is 0 Å². The number of aryl methyl sites for hydroxylation is 2. The first-order valence-electron chi connectivity index (χ1n) is 10.6. The van der Waals surface area contributed by atoms with E-state index in [9.17, 15) is 4.79 Å². The van der Waals surface area contributed by atoms with Crippen LogP contribution in [0, 0.1) is 6.92 Å². The molecule has 0 radical (unpaired) electrons. The summed E-state index contributed by atoms with van der Waals surface area (Å²) in [6.45, 7) is 5.78. The molecule has 150 valence electrons. The van der Waals surface area contributed by atoms with Crippen LogP contribution in [0.25, 0.3) is 22.2 Å². The molecule has 0 unspecified atom stereocenters. The number of halogens is 1. The van der Waals surface area contributed by atoms with Gasteiger partial charge >= 0.3 is 0 Å². The molecule has 3 nitrogen and oxygen atoms in total. The summed E-state index contributed by atoms with van der Waals surface area (Å²) < 4.78 is 0. The average Bonchev–Trinajstić information content (AvgIpc) is 3.05. The van der Waals surface area contributed by atoms with Crippen LogP contribution < -0.4 is 0 Å². The number of rotatable bonds is 3. The highest BCUT2D eigenvalue weighted by molar-refractivity contribution is 6.32. The van der Waals surface area contributed by atoms with E-state index in [1.54, 1.807) is 0 Å². The molecule has 0 N–H and O–H groups in total. The third kappa shape index (κ3) is 4.02. The summed E-state index contributed by atoms with van der Waals surface area (Å²) in [6, 6.07) is 14.2. The zero-order valence-electron chi connectivity index (χ0n) is 17.2. The van der Waals surface area contributed by atoms with Gasteiger partial charge < -0.3 is 4.90 Å². The van der Waals surface area contributed by atoms with Crippen molar-refractivity contribution >= 4 is 28.4 Å². The first-order valence-corrected chi connectivity index (χ1v) is 10.9. The van der Waals surface area contributed by atoms with E-state index in [4.69, 9.17) is 16.6 Å². The Balaban J connectivity index is 1.87. The average molecular weight is 407 g/mol. The predicted molar refractivity (Wildman–Crippen MR) is 121 cm³/mol. The molecule has 4 heteroatoms. The lowest BCUT2D eigenvalue weighted by atomic mass is 10.00. The number of fused-ring (bicyclic) bond motifs is 1. The minimum atomic E-state index is 0.104. The van der Waals surface area contributed by atoms with Gasteiger partial charge in [-0.25, -0.2) is 4.98 Å². The van der Waals surface area contributed by atoms with Gasteiger partial charge in [0.05, 0.1) is 16.8 Å². The molecule has 2 heterocycles. The Labute approximate surface area is 177 Å². The number of nitrogens with zero attached hydrogens (tertiary/aromatic N) is 2. The maximum atomic E-state index is 13.5. The highest BCUT2D eigenvalue weighted by atomic mass is 35.5. The van der Waals surface area contributed by atoms with Gasteiger partial charge in [0.1, 0.15) is 0 Å².